The Balaban J connectivity index is 0.00000176. The summed E-state index contributed by atoms with van der Waals surface area (Å²) in [5, 5.41) is 2.87. The van der Waals surface area contributed by atoms with Crippen LogP contribution < -0.4 is 10.2 Å². The minimum Gasteiger partial charge on any atom is -0.342 e. The maximum Gasteiger partial charge on any atom is 0.255 e. The van der Waals surface area contributed by atoms with Crippen LogP contribution in [-0.2, 0) is 30.5 Å². The van der Waals surface area contributed by atoms with E-state index in [-0.39, 0.29) is 5.91 Å². The Morgan fingerprint density at radius 3 is 2.39 bits per heavy atom. The number of anilines is 1. The molecular weight excluding hydrogens is 446 g/mol. The van der Waals surface area contributed by atoms with Gasteiger partial charge in [0.15, 0.2) is 0 Å². The normalized spacial score (nSPS) is 17.4. The van der Waals surface area contributed by atoms with E-state index in [4.69, 9.17) is 0 Å². The van der Waals surface area contributed by atoms with Gasteiger partial charge in [0, 0.05) is 19.4 Å². The lowest BCUT2D eigenvalue weighted by atomic mass is 10.00. The number of fused-ring (bicyclic) bond motifs is 10. The van der Waals surface area contributed by atoms with Gasteiger partial charge < -0.3 is 15.0 Å². The zero-order chi connectivity index (χ0) is 25.8. The first kappa shape index (κ1) is 26.4. The molecule has 5 heteroatoms. The van der Waals surface area contributed by atoms with E-state index in [1.165, 1.54) is 16.7 Å². The van der Waals surface area contributed by atoms with Crippen molar-refractivity contribution in [2.24, 2.45) is 0 Å². The van der Waals surface area contributed by atoms with Gasteiger partial charge in [-0.05, 0) is 72.9 Å². The lowest BCUT2D eigenvalue weighted by Gasteiger charge is -2.18. The predicted octanol–water partition coefficient (Wildman–Crippen LogP) is 4.94. The number of pyridine rings is 1. The first-order valence-corrected chi connectivity index (χ1v) is 12.2. The molecule has 0 spiro atoms. The maximum absolute atomic E-state index is 13.0. The number of allylic oxidation sites excluding steroid dienone is 1. The third-order valence-corrected chi connectivity index (χ3v) is 6.18. The Kier molecular flexibility index (Phi) is 10.0. The number of hydrogen-bond donors (Lipinski definition) is 1. The second kappa shape index (κ2) is 13.7. The number of benzene rings is 2. The van der Waals surface area contributed by atoms with Crippen LogP contribution in [0.2, 0.25) is 0 Å². The second-order valence-corrected chi connectivity index (χ2v) is 8.84. The van der Waals surface area contributed by atoms with Crippen LogP contribution in [0.3, 0.4) is 0 Å². The monoisotopic (exact) mass is 479 g/mol. The predicted molar refractivity (Wildman–Crippen MR) is 146 cm³/mol. The fourth-order valence-corrected chi connectivity index (χ4v) is 4.32. The SMILES string of the molecule is C#C.CN1/C=C\Cc2cccc(c2)CCCCc2ccc(cc2)C[C@@H](C=O)NC(=O)c2cccnc21. The smallest absolute Gasteiger partial charge is 0.255 e. The summed E-state index contributed by atoms with van der Waals surface area (Å²) in [6.45, 7) is 0. The maximum atomic E-state index is 13.0. The molecule has 2 aliphatic heterocycles. The van der Waals surface area contributed by atoms with Crippen LogP contribution in [0.25, 0.3) is 0 Å². The van der Waals surface area contributed by atoms with Gasteiger partial charge >= 0.3 is 0 Å². The van der Waals surface area contributed by atoms with Crippen molar-refractivity contribution in [1.82, 2.24) is 10.3 Å². The van der Waals surface area contributed by atoms with Crippen molar-refractivity contribution in [2.75, 3.05) is 11.9 Å². The molecule has 3 aromatic rings. The van der Waals surface area contributed by atoms with Crippen LogP contribution in [0.15, 0.2) is 79.1 Å². The van der Waals surface area contributed by atoms with Gasteiger partial charge in [-0.3, -0.25) is 4.79 Å². The summed E-state index contributed by atoms with van der Waals surface area (Å²) in [4.78, 5) is 31.1. The molecule has 0 radical (unpaired) electrons. The first-order chi connectivity index (χ1) is 17.6. The van der Waals surface area contributed by atoms with Gasteiger partial charge in [0.1, 0.15) is 12.1 Å². The van der Waals surface area contributed by atoms with Crippen molar-refractivity contribution >= 4 is 18.0 Å². The van der Waals surface area contributed by atoms with Crippen molar-refractivity contribution in [3.63, 3.8) is 0 Å². The van der Waals surface area contributed by atoms with Crippen molar-refractivity contribution < 1.29 is 9.59 Å². The third-order valence-electron chi connectivity index (χ3n) is 6.18. The number of aryl methyl sites for hydroxylation is 2. The fraction of sp³-hybridized carbons (Fsp3) is 0.258. The molecule has 1 amide bonds. The number of aromatic nitrogens is 1. The molecule has 5 nitrogen and oxygen atoms in total. The van der Waals surface area contributed by atoms with Gasteiger partial charge in [0.2, 0.25) is 0 Å². The number of carbonyl (C=O) groups is 2. The van der Waals surface area contributed by atoms with Crippen LogP contribution >= 0.6 is 0 Å². The molecule has 36 heavy (non-hydrogen) atoms. The van der Waals surface area contributed by atoms with Crippen LogP contribution in [-0.4, -0.2) is 30.3 Å². The Morgan fingerprint density at radius 1 is 0.944 bits per heavy atom. The number of amides is 1. The highest BCUT2D eigenvalue weighted by Gasteiger charge is 2.18. The van der Waals surface area contributed by atoms with E-state index in [0.717, 1.165) is 44.0 Å². The number of terminal acetylenes is 1. The number of nitrogens with one attached hydrogen (secondary N) is 1. The average molecular weight is 480 g/mol. The van der Waals surface area contributed by atoms with E-state index in [0.29, 0.717) is 17.8 Å². The van der Waals surface area contributed by atoms with E-state index >= 15 is 0 Å². The lowest BCUT2D eigenvalue weighted by Crippen LogP contribution is -2.38. The quantitative estimate of drug-likeness (QED) is 0.397. The second-order valence-electron chi connectivity index (χ2n) is 8.84. The number of rotatable bonds is 1. The molecule has 184 valence electrons. The molecule has 0 saturated carbocycles. The van der Waals surface area contributed by atoms with E-state index in [1.807, 2.05) is 18.1 Å². The molecule has 3 heterocycles. The summed E-state index contributed by atoms with van der Waals surface area (Å²) in [7, 11) is 1.88. The molecule has 1 atom stereocenters. The van der Waals surface area contributed by atoms with Crippen LogP contribution in [0, 0.1) is 12.8 Å². The topological polar surface area (TPSA) is 62.3 Å². The van der Waals surface area contributed by atoms with Crippen molar-refractivity contribution in [1.29, 1.82) is 0 Å². The lowest BCUT2D eigenvalue weighted by molar-refractivity contribution is -0.109. The summed E-state index contributed by atoms with van der Waals surface area (Å²) in [6, 6.07) is 20.0. The first-order valence-electron chi connectivity index (χ1n) is 12.2. The molecule has 2 aromatic carbocycles. The van der Waals surface area contributed by atoms with Gasteiger partial charge in [-0.25, -0.2) is 4.98 Å². The standard InChI is InChI=1S/C29H31N3O2.C2H2/c1-32-18-6-11-24-10-4-9-23(19-24)8-3-2-7-22-13-15-25(16-14-22)20-26(21-33)31-29(34)27-12-5-17-30-28(27)32;1-2/h4-6,9-10,12-19,21,26H,2-3,7-8,11,20H2,1H3,(H,31,34);1-2H/b18-6-;/t26-;/m0./s1. The van der Waals surface area contributed by atoms with E-state index in [9.17, 15) is 9.59 Å². The largest absolute Gasteiger partial charge is 0.342 e. The minimum atomic E-state index is -0.604. The summed E-state index contributed by atoms with van der Waals surface area (Å²) < 4.78 is 0. The van der Waals surface area contributed by atoms with Crippen molar-refractivity contribution in [3.05, 3.63) is 107 Å². The molecule has 0 saturated heterocycles. The van der Waals surface area contributed by atoms with Gasteiger partial charge in [-0.15, -0.1) is 12.8 Å². The van der Waals surface area contributed by atoms with Gasteiger partial charge in [-0.2, -0.15) is 0 Å². The van der Waals surface area contributed by atoms with E-state index < -0.39 is 6.04 Å². The Labute approximate surface area is 214 Å². The molecule has 0 aliphatic carbocycles. The van der Waals surface area contributed by atoms with E-state index in [2.05, 4.69) is 77.8 Å². The van der Waals surface area contributed by atoms with Crippen molar-refractivity contribution in [2.45, 2.75) is 44.6 Å². The van der Waals surface area contributed by atoms with Crippen LogP contribution in [0.4, 0.5) is 5.82 Å². The summed E-state index contributed by atoms with van der Waals surface area (Å²) >= 11 is 0. The average Bonchev–Trinajstić information content (AvgIpc) is 2.92. The molecule has 5 rings (SSSR count). The van der Waals surface area contributed by atoms with Gasteiger partial charge in [0.05, 0.1) is 11.6 Å². The summed E-state index contributed by atoms with van der Waals surface area (Å²) in [6.07, 6.45) is 20.1. The highest BCUT2D eigenvalue weighted by atomic mass is 16.2. The van der Waals surface area contributed by atoms with Gasteiger partial charge in [-0.1, -0.05) is 54.6 Å². The zero-order valence-corrected chi connectivity index (χ0v) is 20.8. The highest BCUT2D eigenvalue weighted by Crippen LogP contribution is 2.18. The fourth-order valence-electron chi connectivity index (χ4n) is 4.32. The summed E-state index contributed by atoms with van der Waals surface area (Å²) in [5.41, 5.74) is 5.38. The Bertz CT molecular complexity index is 1200. The van der Waals surface area contributed by atoms with Gasteiger partial charge in [0.25, 0.3) is 5.91 Å². The number of aldehydes is 1. The third kappa shape index (κ3) is 7.41. The highest BCUT2D eigenvalue weighted by molar-refractivity contribution is 6.00. The molecular formula is C31H33N3O2. The molecule has 2 aliphatic rings. The Morgan fingerprint density at radius 2 is 1.64 bits per heavy atom. The zero-order valence-electron chi connectivity index (χ0n) is 20.8. The minimum absolute atomic E-state index is 0.310. The number of nitrogens with zero attached hydrogens (tertiary/aromatic N) is 2. The number of hydrogen-bond acceptors (Lipinski definition) is 4. The number of carbonyl (C=O) groups excluding carboxylic acids is 2. The molecule has 0 fully saturated rings. The van der Waals surface area contributed by atoms with Crippen LogP contribution in [0.5, 0.6) is 0 Å². The van der Waals surface area contributed by atoms with E-state index in [1.54, 1.807) is 18.3 Å². The van der Waals surface area contributed by atoms with Crippen LogP contribution in [0.1, 0.15) is 45.5 Å². The summed E-state index contributed by atoms with van der Waals surface area (Å²) in [5.74, 6) is 0.237. The molecule has 0 unspecified atom stereocenters. The van der Waals surface area contributed by atoms with Crippen molar-refractivity contribution in [3.8, 4) is 12.8 Å². The Hall–Kier alpha value is -4.17. The molecule has 4 bridgehead atoms. The molecule has 1 aromatic heterocycles. The molecule has 1 N–H and O–H groups in total.